The SMILES string of the molecule is CCC/C(C)=C/C(=NC)c1nc(Cl)c(-c2c(F)cc(OCCCN(C)C)cc2F)c(N[C@@H](C)C(F)(F)F)n1. The molecule has 0 fully saturated rings. The van der Waals surface area contributed by atoms with E-state index in [9.17, 15) is 13.2 Å². The molecule has 0 amide bonds. The van der Waals surface area contributed by atoms with Crippen LogP contribution in [-0.4, -0.2) is 67.1 Å². The minimum atomic E-state index is -4.67. The summed E-state index contributed by atoms with van der Waals surface area (Å²) in [5.41, 5.74) is 0.0833. The van der Waals surface area contributed by atoms with E-state index in [1.807, 2.05) is 32.8 Å². The van der Waals surface area contributed by atoms with Crippen LogP contribution in [0.1, 0.15) is 45.9 Å². The molecule has 1 aromatic carbocycles. The van der Waals surface area contributed by atoms with E-state index in [-0.39, 0.29) is 23.9 Å². The van der Waals surface area contributed by atoms with Gasteiger partial charge in [0.25, 0.3) is 0 Å². The lowest BCUT2D eigenvalue weighted by Gasteiger charge is -2.21. The molecule has 38 heavy (non-hydrogen) atoms. The molecule has 0 aliphatic carbocycles. The van der Waals surface area contributed by atoms with Crippen LogP contribution in [0.5, 0.6) is 5.75 Å². The fraction of sp³-hybridized carbons (Fsp3) is 0.500. The molecule has 1 N–H and O–H groups in total. The van der Waals surface area contributed by atoms with Crippen molar-refractivity contribution in [2.75, 3.05) is 39.6 Å². The Hall–Kier alpha value is -2.79. The first-order valence-electron chi connectivity index (χ1n) is 12.1. The molecule has 0 aliphatic rings. The van der Waals surface area contributed by atoms with E-state index in [0.717, 1.165) is 37.5 Å². The molecule has 0 spiro atoms. The average molecular weight is 562 g/mol. The highest BCUT2D eigenvalue weighted by Crippen LogP contribution is 2.39. The lowest BCUT2D eigenvalue weighted by Crippen LogP contribution is -2.34. The summed E-state index contributed by atoms with van der Waals surface area (Å²) in [4.78, 5) is 14.4. The molecule has 210 valence electrons. The van der Waals surface area contributed by atoms with Crippen molar-refractivity contribution in [2.24, 2.45) is 4.99 Å². The standard InChI is InChI=1S/C26H33ClF5N5O/c1-7-9-15(2)12-20(33-4)24-35-23(27)22(25(36-24)34-16(3)26(30,31)32)21-18(28)13-17(14-19(21)29)38-11-8-10-37(5)6/h12-14,16H,7-11H2,1-6H3,(H,34,35,36)/b15-12+,33-20?/t16-/m0/s1. The second-order valence-corrected chi connectivity index (χ2v) is 9.44. The molecular formula is C26H33ClF5N5O. The van der Waals surface area contributed by atoms with Crippen LogP contribution >= 0.6 is 11.6 Å². The third-order valence-corrected chi connectivity index (χ3v) is 5.76. The number of aromatic nitrogens is 2. The van der Waals surface area contributed by atoms with E-state index in [1.54, 1.807) is 6.08 Å². The molecule has 0 unspecified atom stereocenters. The van der Waals surface area contributed by atoms with Crippen molar-refractivity contribution in [1.82, 2.24) is 14.9 Å². The van der Waals surface area contributed by atoms with Gasteiger partial charge in [0.2, 0.25) is 0 Å². The predicted molar refractivity (Wildman–Crippen MR) is 141 cm³/mol. The van der Waals surface area contributed by atoms with Gasteiger partial charge in [0.15, 0.2) is 5.82 Å². The van der Waals surface area contributed by atoms with Gasteiger partial charge in [-0.2, -0.15) is 13.2 Å². The molecule has 0 saturated carbocycles. The molecule has 1 atom stereocenters. The van der Waals surface area contributed by atoms with Crippen LogP contribution in [0.15, 0.2) is 28.8 Å². The normalized spacial score (nSPS) is 13.7. The number of alkyl halides is 3. The number of anilines is 1. The van der Waals surface area contributed by atoms with Crippen LogP contribution in [-0.2, 0) is 0 Å². The zero-order valence-corrected chi connectivity index (χ0v) is 23.1. The van der Waals surface area contributed by atoms with Gasteiger partial charge in [0, 0.05) is 25.7 Å². The summed E-state index contributed by atoms with van der Waals surface area (Å²) in [7, 11) is 5.24. The highest BCUT2D eigenvalue weighted by Gasteiger charge is 2.37. The maximum Gasteiger partial charge on any atom is 0.408 e. The first kappa shape index (κ1) is 31.4. The van der Waals surface area contributed by atoms with Gasteiger partial charge in [-0.25, -0.2) is 18.7 Å². The van der Waals surface area contributed by atoms with E-state index in [4.69, 9.17) is 16.3 Å². The Bertz CT molecular complexity index is 1140. The maximum absolute atomic E-state index is 15.2. The number of nitrogens with zero attached hydrogens (tertiary/aromatic N) is 4. The fourth-order valence-corrected chi connectivity index (χ4v) is 3.80. The van der Waals surface area contributed by atoms with Crippen molar-refractivity contribution in [3.05, 3.63) is 46.4 Å². The van der Waals surface area contributed by atoms with Crippen molar-refractivity contribution in [3.8, 4) is 16.9 Å². The summed E-state index contributed by atoms with van der Waals surface area (Å²) in [6.45, 7) is 5.65. The van der Waals surface area contributed by atoms with Gasteiger partial charge in [-0.15, -0.1) is 0 Å². The van der Waals surface area contributed by atoms with Crippen LogP contribution in [0.25, 0.3) is 11.1 Å². The molecule has 2 rings (SSSR count). The average Bonchev–Trinajstić information content (AvgIpc) is 2.80. The van der Waals surface area contributed by atoms with E-state index in [0.29, 0.717) is 13.0 Å². The van der Waals surface area contributed by atoms with Gasteiger partial charge in [-0.05, 0) is 46.9 Å². The van der Waals surface area contributed by atoms with Crippen molar-refractivity contribution < 1.29 is 26.7 Å². The van der Waals surface area contributed by atoms with E-state index >= 15 is 8.78 Å². The summed E-state index contributed by atoms with van der Waals surface area (Å²) in [6.07, 6.45) is -0.744. The minimum Gasteiger partial charge on any atom is -0.493 e. The number of benzene rings is 1. The van der Waals surface area contributed by atoms with E-state index in [1.165, 1.54) is 7.05 Å². The molecule has 0 radical (unpaired) electrons. The molecule has 2 aromatic rings. The molecular weight excluding hydrogens is 529 g/mol. The van der Waals surface area contributed by atoms with Gasteiger partial charge in [-0.1, -0.05) is 30.5 Å². The fourth-order valence-electron chi connectivity index (χ4n) is 3.53. The van der Waals surface area contributed by atoms with Gasteiger partial charge in [0.05, 0.1) is 17.7 Å². The van der Waals surface area contributed by atoms with Crippen molar-refractivity contribution in [2.45, 2.75) is 52.3 Å². The summed E-state index contributed by atoms with van der Waals surface area (Å²) in [6, 6.07) is -0.208. The Morgan fingerprint density at radius 1 is 1.18 bits per heavy atom. The van der Waals surface area contributed by atoms with Gasteiger partial charge >= 0.3 is 6.18 Å². The number of hydrogen-bond donors (Lipinski definition) is 1. The Morgan fingerprint density at radius 3 is 2.34 bits per heavy atom. The molecule has 0 saturated heterocycles. The van der Waals surface area contributed by atoms with Gasteiger partial charge in [0.1, 0.15) is 40.1 Å². The second kappa shape index (κ2) is 13.8. The summed E-state index contributed by atoms with van der Waals surface area (Å²) >= 11 is 6.36. The highest BCUT2D eigenvalue weighted by atomic mass is 35.5. The lowest BCUT2D eigenvalue weighted by atomic mass is 10.0. The first-order chi connectivity index (χ1) is 17.8. The van der Waals surface area contributed by atoms with Crippen LogP contribution in [0.3, 0.4) is 0 Å². The molecule has 1 heterocycles. The quantitative estimate of drug-likeness (QED) is 0.132. The van der Waals surface area contributed by atoms with E-state index in [2.05, 4.69) is 20.3 Å². The zero-order chi connectivity index (χ0) is 28.6. The Balaban J connectivity index is 2.61. The van der Waals surface area contributed by atoms with Gasteiger partial charge < -0.3 is 15.0 Å². The molecule has 0 bridgehead atoms. The van der Waals surface area contributed by atoms with Crippen LogP contribution in [0.4, 0.5) is 27.8 Å². The topological polar surface area (TPSA) is 62.6 Å². The number of hydrogen-bond acceptors (Lipinski definition) is 6. The molecule has 6 nitrogen and oxygen atoms in total. The largest absolute Gasteiger partial charge is 0.493 e. The Kier molecular flexibility index (Phi) is 11.4. The first-order valence-corrected chi connectivity index (χ1v) is 12.5. The van der Waals surface area contributed by atoms with Crippen LogP contribution < -0.4 is 10.1 Å². The third-order valence-electron chi connectivity index (χ3n) is 5.49. The predicted octanol–water partition coefficient (Wildman–Crippen LogP) is 6.93. The summed E-state index contributed by atoms with van der Waals surface area (Å²) in [5, 5.41) is 1.77. The number of halogens is 6. The Morgan fingerprint density at radius 2 is 1.82 bits per heavy atom. The second-order valence-electron chi connectivity index (χ2n) is 9.09. The zero-order valence-electron chi connectivity index (χ0n) is 22.3. The van der Waals surface area contributed by atoms with Crippen molar-refractivity contribution >= 4 is 23.1 Å². The molecule has 1 aromatic heterocycles. The number of rotatable bonds is 12. The van der Waals surface area contributed by atoms with Crippen LogP contribution in [0.2, 0.25) is 5.15 Å². The maximum atomic E-state index is 15.2. The van der Waals surface area contributed by atoms with Gasteiger partial charge in [-0.3, -0.25) is 4.99 Å². The summed E-state index contributed by atoms with van der Waals surface area (Å²) < 4.78 is 76.1. The Labute approximate surface area is 225 Å². The highest BCUT2D eigenvalue weighted by molar-refractivity contribution is 6.33. The molecule has 12 heteroatoms. The minimum absolute atomic E-state index is 0.0636. The van der Waals surface area contributed by atoms with E-state index < -0.39 is 46.0 Å². The lowest BCUT2D eigenvalue weighted by molar-refractivity contribution is -0.138. The number of nitrogens with one attached hydrogen (secondary N) is 1. The monoisotopic (exact) mass is 561 g/mol. The molecule has 0 aliphatic heterocycles. The van der Waals surface area contributed by atoms with Crippen LogP contribution in [0, 0.1) is 11.6 Å². The van der Waals surface area contributed by atoms with Crippen molar-refractivity contribution in [3.63, 3.8) is 0 Å². The van der Waals surface area contributed by atoms with Crippen molar-refractivity contribution in [1.29, 1.82) is 0 Å². The number of allylic oxidation sites excluding steroid dienone is 2. The summed E-state index contributed by atoms with van der Waals surface area (Å²) in [5.74, 6) is -2.81. The smallest absolute Gasteiger partial charge is 0.408 e. The third kappa shape index (κ3) is 8.62. The number of ether oxygens (including phenoxy) is 1. The number of aliphatic imine (C=N–C) groups is 1.